The van der Waals surface area contributed by atoms with Gasteiger partial charge in [0.25, 0.3) is 0 Å². The Labute approximate surface area is 155 Å². The normalized spacial score (nSPS) is 22.7. The van der Waals surface area contributed by atoms with E-state index in [1.807, 2.05) is 0 Å². The lowest BCUT2D eigenvalue weighted by molar-refractivity contribution is -0.119. The van der Waals surface area contributed by atoms with Crippen molar-refractivity contribution in [3.8, 4) is 5.75 Å². The van der Waals surface area contributed by atoms with Crippen LogP contribution in [0.4, 0.5) is 0 Å². The van der Waals surface area contributed by atoms with Crippen molar-refractivity contribution in [1.29, 1.82) is 0 Å². The zero-order valence-corrected chi connectivity index (χ0v) is 15.6. The van der Waals surface area contributed by atoms with Crippen LogP contribution in [-0.2, 0) is 11.2 Å². The van der Waals surface area contributed by atoms with Crippen LogP contribution in [0, 0.1) is 0 Å². The number of ether oxygens (including phenoxy) is 1. The van der Waals surface area contributed by atoms with Crippen LogP contribution in [0.25, 0.3) is 6.08 Å². The van der Waals surface area contributed by atoms with E-state index in [1.54, 1.807) is 6.92 Å². The smallest absolute Gasteiger partial charge is 0.217 e. The van der Waals surface area contributed by atoms with Crippen molar-refractivity contribution >= 4 is 12.0 Å². The number of hydrogen-bond donors (Lipinski definition) is 1. The van der Waals surface area contributed by atoms with E-state index in [1.165, 1.54) is 16.7 Å². The van der Waals surface area contributed by atoms with Gasteiger partial charge in [0.15, 0.2) is 0 Å². The number of hydrogen-bond acceptors (Lipinski definition) is 2. The molecule has 2 unspecified atom stereocenters. The zero-order chi connectivity index (χ0) is 18.3. The molecule has 0 aromatic heterocycles. The van der Waals surface area contributed by atoms with Crippen molar-refractivity contribution in [3.05, 3.63) is 70.8 Å². The first-order valence-corrected chi connectivity index (χ1v) is 9.30. The van der Waals surface area contributed by atoms with Gasteiger partial charge in [0.2, 0.25) is 5.91 Å². The van der Waals surface area contributed by atoms with Crippen LogP contribution >= 0.6 is 0 Å². The average Bonchev–Trinajstić information content (AvgIpc) is 2.60. The van der Waals surface area contributed by atoms with Gasteiger partial charge in [-0.2, -0.15) is 0 Å². The molecule has 1 aliphatic heterocycles. The van der Waals surface area contributed by atoms with Crippen molar-refractivity contribution in [2.24, 2.45) is 0 Å². The van der Waals surface area contributed by atoms with Gasteiger partial charge in [0.05, 0.1) is 6.04 Å². The fourth-order valence-corrected chi connectivity index (χ4v) is 4.14. The number of benzene rings is 2. The van der Waals surface area contributed by atoms with E-state index < -0.39 is 0 Å². The molecule has 0 bridgehead atoms. The molecule has 134 valence electrons. The topological polar surface area (TPSA) is 38.3 Å². The molecule has 0 spiro atoms. The molecule has 1 aliphatic carbocycles. The molecule has 3 nitrogen and oxygen atoms in total. The van der Waals surface area contributed by atoms with E-state index in [-0.39, 0.29) is 23.5 Å². The lowest BCUT2D eigenvalue weighted by Gasteiger charge is -2.35. The molecule has 1 amide bonds. The summed E-state index contributed by atoms with van der Waals surface area (Å²) >= 11 is 0. The predicted molar refractivity (Wildman–Crippen MR) is 104 cm³/mol. The Morgan fingerprint density at radius 3 is 2.81 bits per heavy atom. The van der Waals surface area contributed by atoms with Gasteiger partial charge in [0.1, 0.15) is 11.4 Å². The Bertz CT molecular complexity index is 882. The second-order valence-corrected chi connectivity index (χ2v) is 7.86. The Morgan fingerprint density at radius 2 is 2.00 bits per heavy atom. The van der Waals surface area contributed by atoms with Crippen molar-refractivity contribution in [3.63, 3.8) is 0 Å². The Hall–Kier alpha value is -2.55. The largest absolute Gasteiger partial charge is 0.483 e. The lowest BCUT2D eigenvalue weighted by atomic mass is 9.76. The summed E-state index contributed by atoms with van der Waals surface area (Å²) in [5.74, 6) is 1.20. The highest BCUT2D eigenvalue weighted by atomic mass is 16.5. The third kappa shape index (κ3) is 3.14. The quantitative estimate of drug-likeness (QED) is 0.849. The number of nitrogens with one attached hydrogen (secondary N) is 1. The van der Waals surface area contributed by atoms with Gasteiger partial charge in [-0.25, -0.2) is 0 Å². The summed E-state index contributed by atoms with van der Waals surface area (Å²) in [6.45, 7) is 5.72. The molecule has 0 radical (unpaired) electrons. The molecule has 4 rings (SSSR count). The van der Waals surface area contributed by atoms with Gasteiger partial charge in [-0.15, -0.1) is 0 Å². The zero-order valence-electron chi connectivity index (χ0n) is 15.6. The third-order valence-corrected chi connectivity index (χ3v) is 5.38. The highest BCUT2D eigenvalue weighted by Gasteiger charge is 2.32. The number of carbonyl (C=O) groups is 1. The molecule has 1 heterocycles. The van der Waals surface area contributed by atoms with Gasteiger partial charge in [0, 0.05) is 18.4 Å². The summed E-state index contributed by atoms with van der Waals surface area (Å²) in [5.41, 5.74) is 4.68. The van der Waals surface area contributed by atoms with Gasteiger partial charge < -0.3 is 10.1 Å². The molecule has 0 saturated heterocycles. The number of rotatable bonds is 2. The first-order chi connectivity index (χ1) is 12.4. The highest BCUT2D eigenvalue weighted by molar-refractivity contribution is 5.74. The van der Waals surface area contributed by atoms with Crippen LogP contribution in [-0.4, -0.2) is 11.5 Å². The predicted octanol–water partition coefficient (Wildman–Crippen LogP) is 4.78. The third-order valence-electron chi connectivity index (χ3n) is 5.38. The van der Waals surface area contributed by atoms with E-state index in [4.69, 9.17) is 4.74 Å². The van der Waals surface area contributed by atoms with Crippen molar-refractivity contribution in [1.82, 2.24) is 5.32 Å². The van der Waals surface area contributed by atoms with Crippen molar-refractivity contribution in [2.75, 3.05) is 0 Å². The molecule has 3 heteroatoms. The molecular formula is C23H25NO2. The van der Waals surface area contributed by atoms with E-state index in [9.17, 15) is 4.79 Å². The maximum atomic E-state index is 11.9. The maximum absolute atomic E-state index is 11.9. The van der Waals surface area contributed by atoms with E-state index in [0.29, 0.717) is 0 Å². The van der Waals surface area contributed by atoms with E-state index in [2.05, 4.69) is 73.8 Å². The van der Waals surface area contributed by atoms with Gasteiger partial charge in [-0.1, -0.05) is 36.4 Å². The Kier molecular flexibility index (Phi) is 4.10. The van der Waals surface area contributed by atoms with Gasteiger partial charge >= 0.3 is 0 Å². The summed E-state index contributed by atoms with van der Waals surface area (Å²) in [4.78, 5) is 11.9. The molecular weight excluding hydrogens is 322 g/mol. The minimum atomic E-state index is -0.267. The molecule has 2 atom stereocenters. The summed E-state index contributed by atoms with van der Waals surface area (Å²) in [7, 11) is 0. The SMILES string of the molecule is CC(=O)NC1c2ccccc2CCC1c1ccc2c(c1)C=CC(C)(C)O2. The maximum Gasteiger partial charge on any atom is 0.217 e. The monoisotopic (exact) mass is 347 g/mol. The van der Waals surface area contributed by atoms with Crippen molar-refractivity contribution < 1.29 is 9.53 Å². The number of amides is 1. The fraction of sp³-hybridized carbons (Fsp3) is 0.348. The number of fused-ring (bicyclic) bond motifs is 2. The minimum Gasteiger partial charge on any atom is -0.483 e. The molecule has 2 aliphatic rings. The lowest BCUT2D eigenvalue weighted by Crippen LogP contribution is -2.34. The second kappa shape index (κ2) is 6.31. The molecule has 26 heavy (non-hydrogen) atoms. The van der Waals surface area contributed by atoms with Gasteiger partial charge in [-0.05, 0) is 61.6 Å². The fourth-order valence-electron chi connectivity index (χ4n) is 4.14. The molecule has 2 aromatic carbocycles. The summed E-state index contributed by atoms with van der Waals surface area (Å²) in [6, 6.07) is 14.9. The molecule has 0 saturated carbocycles. The van der Waals surface area contributed by atoms with Crippen LogP contribution in [0.5, 0.6) is 5.75 Å². The number of carbonyl (C=O) groups excluding carboxylic acids is 1. The first-order valence-electron chi connectivity index (χ1n) is 9.30. The summed E-state index contributed by atoms with van der Waals surface area (Å²) in [6.07, 6.45) is 6.30. The minimum absolute atomic E-state index is 0.0136. The van der Waals surface area contributed by atoms with Crippen LogP contribution in [0.3, 0.4) is 0 Å². The highest BCUT2D eigenvalue weighted by Crippen LogP contribution is 2.42. The standard InChI is InChI=1S/C23H25NO2/c1-15(25)24-22-19-7-5-4-6-16(19)8-10-20(22)17-9-11-21-18(14-17)12-13-23(2,3)26-21/h4-7,9,11-14,20,22H,8,10H2,1-3H3,(H,24,25). The summed E-state index contributed by atoms with van der Waals surface area (Å²) in [5, 5.41) is 3.19. The number of aryl methyl sites for hydroxylation is 1. The molecule has 0 fully saturated rings. The second-order valence-electron chi connectivity index (χ2n) is 7.86. The Balaban J connectivity index is 1.72. The van der Waals surface area contributed by atoms with Crippen LogP contribution in [0.2, 0.25) is 0 Å². The van der Waals surface area contributed by atoms with Crippen LogP contribution in [0.1, 0.15) is 61.4 Å². The molecule has 2 aromatic rings. The van der Waals surface area contributed by atoms with E-state index >= 15 is 0 Å². The Morgan fingerprint density at radius 1 is 1.19 bits per heavy atom. The molecule has 1 N–H and O–H groups in total. The van der Waals surface area contributed by atoms with E-state index in [0.717, 1.165) is 24.2 Å². The van der Waals surface area contributed by atoms with Crippen molar-refractivity contribution in [2.45, 2.75) is 51.2 Å². The average molecular weight is 347 g/mol. The first kappa shape index (κ1) is 16.9. The van der Waals surface area contributed by atoms with Gasteiger partial charge in [-0.3, -0.25) is 4.79 Å². The summed E-state index contributed by atoms with van der Waals surface area (Å²) < 4.78 is 6.05. The van der Waals surface area contributed by atoms with Crippen LogP contribution in [0.15, 0.2) is 48.5 Å². The van der Waals surface area contributed by atoms with Crippen LogP contribution < -0.4 is 10.1 Å².